The van der Waals surface area contributed by atoms with Gasteiger partial charge in [0.25, 0.3) is 0 Å². The molecular formula is C15H15N3O2S. The number of anilines is 1. The molecule has 0 bridgehead atoms. The highest BCUT2D eigenvalue weighted by molar-refractivity contribution is 7.84. The van der Waals surface area contributed by atoms with E-state index in [-0.39, 0.29) is 5.94 Å². The second-order valence-electron chi connectivity index (χ2n) is 4.62. The van der Waals surface area contributed by atoms with Gasteiger partial charge in [0.1, 0.15) is 16.7 Å². The van der Waals surface area contributed by atoms with Crippen LogP contribution in [0.1, 0.15) is 5.56 Å². The van der Waals surface area contributed by atoms with Gasteiger partial charge in [0, 0.05) is 5.69 Å². The van der Waals surface area contributed by atoms with Crippen LogP contribution in [-0.2, 0) is 22.1 Å². The van der Waals surface area contributed by atoms with Gasteiger partial charge in [-0.3, -0.25) is 0 Å². The van der Waals surface area contributed by atoms with Gasteiger partial charge in [-0.2, -0.15) is 0 Å². The molecule has 6 heteroatoms. The molecule has 0 radical (unpaired) electrons. The van der Waals surface area contributed by atoms with Crippen molar-refractivity contribution in [3.05, 3.63) is 54.1 Å². The van der Waals surface area contributed by atoms with E-state index in [0.29, 0.717) is 17.5 Å². The summed E-state index contributed by atoms with van der Waals surface area (Å²) in [5.74, 6) is 0.101. The first kappa shape index (κ1) is 13.8. The molecule has 3 aromatic rings. The normalized spacial score (nSPS) is 12.6. The summed E-state index contributed by atoms with van der Waals surface area (Å²) in [5, 5.41) is 0.406. The van der Waals surface area contributed by atoms with Crippen molar-refractivity contribution in [3.63, 3.8) is 0 Å². The predicted octanol–water partition coefficient (Wildman–Crippen LogP) is 2.43. The van der Waals surface area contributed by atoms with Gasteiger partial charge in [0.05, 0.1) is 17.6 Å². The van der Waals surface area contributed by atoms with Crippen LogP contribution in [0, 0.1) is 0 Å². The number of aromatic amines is 1. The van der Waals surface area contributed by atoms with Gasteiger partial charge in [0.15, 0.2) is 5.16 Å². The van der Waals surface area contributed by atoms with Gasteiger partial charge in [-0.1, -0.05) is 30.3 Å². The number of aromatic nitrogens is 2. The van der Waals surface area contributed by atoms with Crippen LogP contribution >= 0.6 is 0 Å². The first-order chi connectivity index (χ1) is 10.2. The van der Waals surface area contributed by atoms with Crippen molar-refractivity contribution >= 4 is 27.5 Å². The minimum absolute atomic E-state index is 0.101. The molecular weight excluding hydrogens is 286 g/mol. The molecule has 0 fully saturated rings. The number of imidazole rings is 1. The van der Waals surface area contributed by atoms with E-state index in [4.69, 9.17) is 10.5 Å². The monoisotopic (exact) mass is 301 g/mol. The van der Waals surface area contributed by atoms with Crippen LogP contribution in [0.5, 0.6) is 0 Å². The Morgan fingerprint density at radius 3 is 2.81 bits per heavy atom. The second-order valence-corrected chi connectivity index (χ2v) is 5.93. The molecule has 108 valence electrons. The summed E-state index contributed by atoms with van der Waals surface area (Å²) in [7, 11) is -1.33. The number of hydrogen-bond donors (Lipinski definition) is 2. The minimum Gasteiger partial charge on any atom is -0.399 e. The van der Waals surface area contributed by atoms with Crippen LogP contribution in [0.15, 0.2) is 53.7 Å². The zero-order valence-corrected chi connectivity index (χ0v) is 12.1. The second kappa shape index (κ2) is 6.07. The van der Waals surface area contributed by atoms with Crippen molar-refractivity contribution in [2.45, 2.75) is 11.8 Å². The summed E-state index contributed by atoms with van der Waals surface area (Å²) in [6, 6.07) is 15.1. The third kappa shape index (κ3) is 3.29. The van der Waals surface area contributed by atoms with Crippen LogP contribution < -0.4 is 5.73 Å². The number of nitrogens with one attached hydrogen (secondary N) is 1. The lowest BCUT2D eigenvalue weighted by atomic mass is 10.2. The quantitative estimate of drug-likeness (QED) is 0.709. The maximum absolute atomic E-state index is 12.2. The number of nitrogen functional groups attached to an aromatic ring is 1. The first-order valence-corrected chi connectivity index (χ1v) is 7.79. The number of fused-ring (bicyclic) bond motifs is 1. The number of H-pyrrole nitrogens is 1. The highest BCUT2D eigenvalue weighted by atomic mass is 32.2. The molecule has 0 spiro atoms. The van der Waals surface area contributed by atoms with Gasteiger partial charge < -0.3 is 15.5 Å². The van der Waals surface area contributed by atoms with Crippen molar-refractivity contribution in [3.8, 4) is 0 Å². The van der Waals surface area contributed by atoms with Crippen LogP contribution in [0.4, 0.5) is 5.69 Å². The summed E-state index contributed by atoms with van der Waals surface area (Å²) < 4.78 is 17.6. The summed E-state index contributed by atoms with van der Waals surface area (Å²) in [4.78, 5) is 7.30. The lowest BCUT2D eigenvalue weighted by Gasteiger charge is -2.02. The van der Waals surface area contributed by atoms with Crippen LogP contribution in [-0.4, -0.2) is 20.1 Å². The standard InChI is InChI=1S/C15H15N3O2S/c16-12-6-7-13-14(8-12)18-15(17-13)21(19)10-20-9-11-4-2-1-3-5-11/h1-8H,9-10,16H2,(H,17,18). The summed E-state index contributed by atoms with van der Waals surface area (Å²) in [6.07, 6.45) is 0. The average Bonchev–Trinajstić information content (AvgIpc) is 2.91. The Hall–Kier alpha value is -2.18. The third-order valence-electron chi connectivity index (χ3n) is 3.00. The molecule has 0 saturated heterocycles. The molecule has 0 aliphatic rings. The van der Waals surface area contributed by atoms with Gasteiger partial charge in [0.2, 0.25) is 0 Å². The van der Waals surface area contributed by atoms with Crippen molar-refractivity contribution in [2.75, 3.05) is 11.7 Å². The zero-order valence-electron chi connectivity index (χ0n) is 11.3. The molecule has 1 atom stereocenters. The third-order valence-corrected chi connectivity index (χ3v) is 4.01. The van der Waals surface area contributed by atoms with E-state index in [1.54, 1.807) is 18.2 Å². The van der Waals surface area contributed by atoms with Crippen molar-refractivity contribution < 1.29 is 8.95 Å². The summed E-state index contributed by atoms with van der Waals surface area (Å²) in [6.45, 7) is 0.430. The number of nitrogens with zero attached hydrogens (tertiary/aromatic N) is 1. The van der Waals surface area contributed by atoms with E-state index in [1.807, 2.05) is 30.3 Å². The summed E-state index contributed by atoms with van der Waals surface area (Å²) in [5.41, 5.74) is 8.92. The Balaban J connectivity index is 1.64. The van der Waals surface area contributed by atoms with Gasteiger partial charge >= 0.3 is 0 Å². The Morgan fingerprint density at radius 1 is 1.19 bits per heavy atom. The first-order valence-electron chi connectivity index (χ1n) is 6.47. The fourth-order valence-electron chi connectivity index (χ4n) is 1.98. The minimum atomic E-state index is -1.33. The smallest absolute Gasteiger partial charge is 0.199 e. The molecule has 5 nitrogen and oxygen atoms in total. The fourth-order valence-corrected chi connectivity index (χ4v) is 2.75. The maximum Gasteiger partial charge on any atom is 0.199 e. The lowest BCUT2D eigenvalue weighted by molar-refractivity contribution is 0.166. The van der Waals surface area contributed by atoms with E-state index < -0.39 is 10.8 Å². The molecule has 2 aromatic carbocycles. The number of nitrogens with two attached hydrogens (primary N) is 1. The van der Waals surface area contributed by atoms with E-state index in [9.17, 15) is 4.21 Å². The molecule has 0 aliphatic heterocycles. The molecule has 1 heterocycles. The van der Waals surface area contributed by atoms with Crippen molar-refractivity contribution in [1.29, 1.82) is 0 Å². The topological polar surface area (TPSA) is 81.0 Å². The number of hydrogen-bond acceptors (Lipinski definition) is 4. The van der Waals surface area contributed by atoms with Crippen LogP contribution in [0.25, 0.3) is 11.0 Å². The maximum atomic E-state index is 12.2. The van der Waals surface area contributed by atoms with Crippen molar-refractivity contribution in [2.24, 2.45) is 0 Å². The molecule has 0 aliphatic carbocycles. The highest BCUT2D eigenvalue weighted by Gasteiger charge is 2.10. The molecule has 21 heavy (non-hydrogen) atoms. The van der Waals surface area contributed by atoms with E-state index >= 15 is 0 Å². The van der Waals surface area contributed by atoms with Gasteiger partial charge in [-0.25, -0.2) is 9.19 Å². The Labute approximate surface area is 124 Å². The molecule has 0 amide bonds. The van der Waals surface area contributed by atoms with Crippen LogP contribution in [0.2, 0.25) is 0 Å². The predicted molar refractivity (Wildman–Crippen MR) is 83.0 cm³/mol. The van der Waals surface area contributed by atoms with Gasteiger partial charge in [-0.15, -0.1) is 0 Å². The molecule has 0 saturated carbocycles. The number of ether oxygens (including phenoxy) is 1. The largest absolute Gasteiger partial charge is 0.399 e. The lowest BCUT2D eigenvalue weighted by Crippen LogP contribution is -2.04. The van der Waals surface area contributed by atoms with Crippen molar-refractivity contribution in [1.82, 2.24) is 9.97 Å². The Morgan fingerprint density at radius 2 is 2.00 bits per heavy atom. The number of rotatable bonds is 5. The molecule has 3 rings (SSSR count). The van der Waals surface area contributed by atoms with Gasteiger partial charge in [-0.05, 0) is 23.8 Å². The molecule has 1 aromatic heterocycles. The Bertz CT molecular complexity index is 771. The molecule has 3 N–H and O–H groups in total. The van der Waals surface area contributed by atoms with Crippen LogP contribution in [0.3, 0.4) is 0 Å². The zero-order chi connectivity index (χ0) is 14.7. The van der Waals surface area contributed by atoms with E-state index in [1.165, 1.54) is 0 Å². The highest BCUT2D eigenvalue weighted by Crippen LogP contribution is 2.16. The van der Waals surface area contributed by atoms with E-state index in [0.717, 1.165) is 16.6 Å². The Kier molecular flexibility index (Phi) is 3.98. The number of benzene rings is 2. The fraction of sp³-hybridized carbons (Fsp3) is 0.133. The van der Waals surface area contributed by atoms with E-state index in [2.05, 4.69) is 9.97 Å². The average molecular weight is 301 g/mol. The molecule has 1 unspecified atom stereocenters. The SMILES string of the molecule is Nc1ccc2nc(S(=O)COCc3ccccc3)[nH]c2c1. The summed E-state index contributed by atoms with van der Waals surface area (Å²) >= 11 is 0.